The van der Waals surface area contributed by atoms with Crippen LogP contribution in [0, 0.1) is 17.1 Å². The standard InChI is InChI=1S/C7H4BClFNO2/c9-6-2-7(10)5(8(12)13)1-4(6)3-11/h1-2,12-13H. The van der Waals surface area contributed by atoms with Crippen LogP contribution in [-0.2, 0) is 0 Å². The Hall–Kier alpha value is -1.09. The van der Waals surface area contributed by atoms with Gasteiger partial charge in [-0.05, 0) is 12.1 Å². The topological polar surface area (TPSA) is 64.2 Å². The van der Waals surface area contributed by atoms with E-state index in [1.807, 2.05) is 0 Å². The van der Waals surface area contributed by atoms with Crippen LogP contribution in [0.1, 0.15) is 5.56 Å². The lowest BCUT2D eigenvalue weighted by Crippen LogP contribution is -2.33. The minimum atomic E-state index is -1.94. The summed E-state index contributed by atoms with van der Waals surface area (Å²) in [6.07, 6.45) is 0. The monoisotopic (exact) mass is 199 g/mol. The predicted octanol–water partition coefficient (Wildman–Crippen LogP) is 0.0306. The molecule has 0 amide bonds. The first-order chi connectivity index (χ1) is 6.06. The maximum absolute atomic E-state index is 12.9. The Morgan fingerprint density at radius 3 is 2.54 bits per heavy atom. The smallest absolute Gasteiger partial charge is 0.423 e. The third-order valence-electron chi connectivity index (χ3n) is 1.48. The number of halogens is 2. The van der Waals surface area contributed by atoms with E-state index in [-0.39, 0.29) is 16.0 Å². The Morgan fingerprint density at radius 1 is 1.46 bits per heavy atom. The molecule has 6 heteroatoms. The molecule has 0 atom stereocenters. The molecule has 1 aromatic rings. The summed E-state index contributed by atoms with van der Waals surface area (Å²) in [5.74, 6) is -0.848. The SMILES string of the molecule is N#Cc1cc(B(O)O)c(F)cc1Cl. The van der Waals surface area contributed by atoms with Gasteiger partial charge in [-0.25, -0.2) is 4.39 Å². The molecule has 3 nitrogen and oxygen atoms in total. The number of nitriles is 1. The van der Waals surface area contributed by atoms with E-state index in [4.69, 9.17) is 26.9 Å². The molecule has 0 bridgehead atoms. The van der Waals surface area contributed by atoms with Crippen molar-refractivity contribution in [2.24, 2.45) is 0 Å². The summed E-state index contributed by atoms with van der Waals surface area (Å²) < 4.78 is 12.9. The van der Waals surface area contributed by atoms with Gasteiger partial charge in [-0.15, -0.1) is 0 Å². The molecule has 0 unspecified atom stereocenters. The summed E-state index contributed by atoms with van der Waals surface area (Å²) in [5.41, 5.74) is -0.355. The minimum Gasteiger partial charge on any atom is -0.423 e. The first-order valence-corrected chi connectivity index (χ1v) is 3.69. The molecule has 1 aromatic carbocycles. The first-order valence-electron chi connectivity index (χ1n) is 3.31. The highest BCUT2D eigenvalue weighted by Gasteiger charge is 2.18. The maximum Gasteiger partial charge on any atom is 0.491 e. The molecule has 0 aromatic heterocycles. The molecule has 1 rings (SSSR count). The summed E-state index contributed by atoms with van der Waals surface area (Å²) in [6, 6.07) is 3.57. The molecule has 0 aliphatic carbocycles. The summed E-state index contributed by atoms with van der Waals surface area (Å²) in [5, 5.41) is 25.8. The number of rotatable bonds is 1. The summed E-state index contributed by atoms with van der Waals surface area (Å²) >= 11 is 5.48. The van der Waals surface area contributed by atoms with Crippen molar-refractivity contribution >= 4 is 24.2 Å². The lowest BCUT2D eigenvalue weighted by Gasteiger charge is -2.02. The second-order valence-electron chi connectivity index (χ2n) is 2.34. The van der Waals surface area contributed by atoms with Crippen molar-refractivity contribution in [3.05, 3.63) is 28.5 Å². The molecule has 0 saturated heterocycles. The van der Waals surface area contributed by atoms with E-state index in [1.165, 1.54) is 0 Å². The summed E-state index contributed by atoms with van der Waals surface area (Å²) in [6.45, 7) is 0. The Labute approximate surface area is 79.1 Å². The lowest BCUT2D eigenvalue weighted by molar-refractivity contribution is 0.423. The zero-order valence-electron chi connectivity index (χ0n) is 6.33. The van der Waals surface area contributed by atoms with E-state index in [1.54, 1.807) is 6.07 Å². The van der Waals surface area contributed by atoms with Crippen molar-refractivity contribution in [1.29, 1.82) is 5.26 Å². The molecule has 0 spiro atoms. The van der Waals surface area contributed by atoms with Crippen molar-refractivity contribution in [3.63, 3.8) is 0 Å². The van der Waals surface area contributed by atoms with Crippen LogP contribution < -0.4 is 5.46 Å². The molecular formula is C7H4BClFNO2. The van der Waals surface area contributed by atoms with Gasteiger partial charge >= 0.3 is 7.12 Å². The largest absolute Gasteiger partial charge is 0.491 e. The van der Waals surface area contributed by atoms with Gasteiger partial charge in [-0.2, -0.15) is 5.26 Å². The predicted molar refractivity (Wildman–Crippen MR) is 46.0 cm³/mol. The van der Waals surface area contributed by atoms with Gasteiger partial charge in [0.05, 0.1) is 10.6 Å². The average molecular weight is 199 g/mol. The summed E-state index contributed by atoms with van der Waals surface area (Å²) in [4.78, 5) is 0. The van der Waals surface area contributed by atoms with Crippen LogP contribution in [-0.4, -0.2) is 17.2 Å². The van der Waals surface area contributed by atoms with Crippen molar-refractivity contribution in [1.82, 2.24) is 0 Å². The molecule has 0 aliphatic rings. The van der Waals surface area contributed by atoms with Gasteiger partial charge in [-0.1, -0.05) is 11.6 Å². The third kappa shape index (κ3) is 1.98. The van der Waals surface area contributed by atoms with Crippen molar-refractivity contribution in [2.45, 2.75) is 0 Å². The number of hydrogen-bond acceptors (Lipinski definition) is 3. The number of hydrogen-bond donors (Lipinski definition) is 2. The van der Waals surface area contributed by atoms with Gasteiger partial charge in [-0.3, -0.25) is 0 Å². The van der Waals surface area contributed by atoms with Gasteiger partial charge in [0, 0.05) is 5.46 Å². The van der Waals surface area contributed by atoms with Crippen molar-refractivity contribution in [2.75, 3.05) is 0 Å². The fraction of sp³-hybridized carbons (Fsp3) is 0. The molecule has 0 fully saturated rings. The lowest BCUT2D eigenvalue weighted by atomic mass is 9.79. The molecular weight excluding hydrogens is 195 g/mol. The highest BCUT2D eigenvalue weighted by molar-refractivity contribution is 6.58. The van der Waals surface area contributed by atoms with Gasteiger partial charge in [0.25, 0.3) is 0 Å². The first kappa shape index (κ1) is 10.00. The molecule has 0 radical (unpaired) electrons. The van der Waals surface area contributed by atoms with Crippen LogP contribution in [0.2, 0.25) is 5.02 Å². The van der Waals surface area contributed by atoms with Crippen LogP contribution in [0.25, 0.3) is 0 Å². The number of nitrogens with zero attached hydrogens (tertiary/aromatic N) is 1. The van der Waals surface area contributed by atoms with E-state index >= 15 is 0 Å². The minimum absolute atomic E-state index is 0.00571. The van der Waals surface area contributed by atoms with Gasteiger partial charge in [0.1, 0.15) is 11.9 Å². The highest BCUT2D eigenvalue weighted by Crippen LogP contribution is 2.14. The zero-order chi connectivity index (χ0) is 10.0. The van der Waals surface area contributed by atoms with E-state index < -0.39 is 12.9 Å². The molecule has 0 aliphatic heterocycles. The Balaban J connectivity index is 3.33. The second kappa shape index (κ2) is 3.75. The van der Waals surface area contributed by atoms with Crippen LogP contribution in [0.15, 0.2) is 12.1 Å². The summed E-state index contributed by atoms with van der Waals surface area (Å²) in [7, 11) is -1.94. The highest BCUT2D eigenvalue weighted by atomic mass is 35.5. The van der Waals surface area contributed by atoms with Gasteiger partial charge < -0.3 is 10.0 Å². The molecule has 0 heterocycles. The maximum atomic E-state index is 12.9. The van der Waals surface area contributed by atoms with Crippen LogP contribution in [0.3, 0.4) is 0 Å². The Kier molecular flexibility index (Phi) is 2.88. The van der Waals surface area contributed by atoms with Crippen molar-refractivity contribution < 1.29 is 14.4 Å². The van der Waals surface area contributed by atoms with Gasteiger partial charge in [0.15, 0.2) is 0 Å². The molecule has 0 saturated carbocycles. The molecule has 13 heavy (non-hydrogen) atoms. The van der Waals surface area contributed by atoms with Crippen LogP contribution in [0.4, 0.5) is 4.39 Å². The average Bonchev–Trinajstić information content (AvgIpc) is 2.03. The third-order valence-corrected chi connectivity index (χ3v) is 1.80. The fourth-order valence-corrected chi connectivity index (χ4v) is 1.04. The van der Waals surface area contributed by atoms with Crippen molar-refractivity contribution in [3.8, 4) is 6.07 Å². The van der Waals surface area contributed by atoms with E-state index in [0.717, 1.165) is 12.1 Å². The second-order valence-corrected chi connectivity index (χ2v) is 2.75. The quantitative estimate of drug-likeness (QED) is 0.627. The molecule has 66 valence electrons. The Morgan fingerprint density at radius 2 is 2.08 bits per heavy atom. The van der Waals surface area contributed by atoms with Crippen LogP contribution in [0.5, 0.6) is 0 Å². The Bertz CT molecular complexity index is 377. The fourth-order valence-electron chi connectivity index (χ4n) is 0.849. The van der Waals surface area contributed by atoms with E-state index in [9.17, 15) is 4.39 Å². The van der Waals surface area contributed by atoms with E-state index in [0.29, 0.717) is 0 Å². The molecule has 2 N–H and O–H groups in total. The normalized spacial score (nSPS) is 9.46. The van der Waals surface area contributed by atoms with Gasteiger partial charge in [0.2, 0.25) is 0 Å². The number of benzene rings is 1. The zero-order valence-corrected chi connectivity index (χ0v) is 7.09. The van der Waals surface area contributed by atoms with E-state index in [2.05, 4.69) is 0 Å². The van der Waals surface area contributed by atoms with Crippen LogP contribution >= 0.6 is 11.6 Å².